The lowest BCUT2D eigenvalue weighted by molar-refractivity contribution is 0.0491. The molecule has 3 heterocycles. The number of rotatable bonds is 15. The maximum Gasteiger partial charge on any atom is 0.359 e. The molecule has 236 valence electrons. The minimum absolute atomic E-state index is 0.206. The van der Waals surface area contributed by atoms with Gasteiger partial charge in [-0.3, -0.25) is 0 Å². The molecule has 0 unspecified atom stereocenters. The number of methoxy groups -OCH3 is 1. The number of aromatic nitrogens is 3. The summed E-state index contributed by atoms with van der Waals surface area (Å²) in [5.41, 5.74) is 4.70. The van der Waals surface area contributed by atoms with E-state index < -0.39 is 5.97 Å². The third-order valence-electron chi connectivity index (χ3n) is 7.90. The summed E-state index contributed by atoms with van der Waals surface area (Å²) in [6.45, 7) is 12.4. The van der Waals surface area contributed by atoms with E-state index in [0.717, 1.165) is 60.8 Å². The number of unbranched alkanes of at least 4 members (excludes halogenated alkanes) is 5. The van der Waals surface area contributed by atoms with Crippen LogP contribution in [0.5, 0.6) is 5.75 Å². The SMILES string of the molecule is CCCCCCCCOC(=O)c1nn2c(c1-c1cc(OC)ccc1N(C)C)N=C(C)/C2=N/c1ccc(N(CC)CC)nc1C. The van der Waals surface area contributed by atoms with E-state index in [1.54, 1.807) is 11.8 Å². The molecular weight excluding hydrogens is 554 g/mol. The van der Waals surface area contributed by atoms with E-state index in [-0.39, 0.29) is 5.69 Å². The van der Waals surface area contributed by atoms with E-state index in [1.165, 1.54) is 19.3 Å². The van der Waals surface area contributed by atoms with Gasteiger partial charge in [0.15, 0.2) is 17.3 Å². The summed E-state index contributed by atoms with van der Waals surface area (Å²) in [5, 5.41) is 4.80. The van der Waals surface area contributed by atoms with Crippen molar-refractivity contribution in [2.24, 2.45) is 9.98 Å². The molecule has 0 saturated carbocycles. The van der Waals surface area contributed by atoms with E-state index in [1.807, 2.05) is 63.2 Å². The van der Waals surface area contributed by atoms with Gasteiger partial charge in [-0.1, -0.05) is 39.0 Å². The van der Waals surface area contributed by atoms with Crippen LogP contribution in [0.4, 0.5) is 23.0 Å². The number of carbonyl (C=O) groups is 1. The fraction of sp³-hybridized carbons (Fsp3) is 0.500. The van der Waals surface area contributed by atoms with Gasteiger partial charge in [0.25, 0.3) is 0 Å². The first-order chi connectivity index (χ1) is 21.2. The van der Waals surface area contributed by atoms with Crippen LogP contribution in [0.25, 0.3) is 11.1 Å². The number of anilines is 2. The van der Waals surface area contributed by atoms with Crippen LogP contribution in [0.2, 0.25) is 0 Å². The van der Waals surface area contributed by atoms with Crippen LogP contribution in [0, 0.1) is 6.92 Å². The van der Waals surface area contributed by atoms with Gasteiger partial charge in [0.1, 0.15) is 11.6 Å². The Balaban J connectivity index is 1.77. The molecule has 0 spiro atoms. The molecule has 0 N–H and O–H groups in total. The van der Waals surface area contributed by atoms with Crippen molar-refractivity contribution in [3.63, 3.8) is 0 Å². The van der Waals surface area contributed by atoms with E-state index in [2.05, 4.69) is 25.7 Å². The van der Waals surface area contributed by atoms with E-state index in [0.29, 0.717) is 35.3 Å². The highest BCUT2D eigenvalue weighted by atomic mass is 16.5. The number of hydrogen-bond acceptors (Lipinski definition) is 9. The molecule has 0 amide bonds. The van der Waals surface area contributed by atoms with Crippen molar-refractivity contribution in [1.29, 1.82) is 0 Å². The summed E-state index contributed by atoms with van der Waals surface area (Å²) < 4.78 is 13.0. The summed E-state index contributed by atoms with van der Waals surface area (Å²) in [6, 6.07) is 9.74. The number of benzene rings is 1. The largest absolute Gasteiger partial charge is 0.497 e. The normalized spacial score (nSPS) is 13.2. The molecule has 0 atom stereocenters. The molecule has 3 aromatic rings. The van der Waals surface area contributed by atoms with Gasteiger partial charge in [-0.05, 0) is 64.4 Å². The van der Waals surface area contributed by atoms with Gasteiger partial charge < -0.3 is 19.3 Å². The number of carbonyl (C=O) groups excluding carboxylic acids is 1. The molecule has 0 fully saturated rings. The van der Waals surface area contributed by atoms with Crippen LogP contribution in [-0.4, -0.2) is 73.2 Å². The third-order valence-corrected chi connectivity index (χ3v) is 7.90. The van der Waals surface area contributed by atoms with Crippen molar-refractivity contribution in [2.75, 3.05) is 50.7 Å². The van der Waals surface area contributed by atoms with Crippen molar-refractivity contribution in [3.05, 3.63) is 41.7 Å². The Morgan fingerprint density at radius 3 is 2.36 bits per heavy atom. The fourth-order valence-electron chi connectivity index (χ4n) is 5.39. The number of pyridine rings is 1. The number of ether oxygens (including phenoxy) is 2. The minimum Gasteiger partial charge on any atom is -0.497 e. The first kappa shape index (κ1) is 32.7. The van der Waals surface area contributed by atoms with Crippen LogP contribution in [-0.2, 0) is 4.74 Å². The standard InChI is InChI=1S/C34H47N7O3/c1-9-12-13-14-15-16-21-44-34(42)31-30(26-22-25(43-8)17-19-28(26)39(6)7)33-36-24(5)32(41(33)38-31)37-27-18-20-29(35-23(27)4)40(10-2)11-3/h17-20,22H,9-16,21H2,1-8H3/b37-32-. The van der Waals surface area contributed by atoms with Crippen molar-refractivity contribution in [2.45, 2.75) is 73.1 Å². The Morgan fingerprint density at radius 2 is 1.70 bits per heavy atom. The van der Waals surface area contributed by atoms with Crippen LogP contribution >= 0.6 is 0 Å². The number of aryl methyl sites for hydroxylation is 1. The average Bonchev–Trinajstić information content (AvgIpc) is 3.52. The lowest BCUT2D eigenvalue weighted by atomic mass is 10.0. The zero-order chi connectivity index (χ0) is 31.8. The first-order valence-corrected chi connectivity index (χ1v) is 15.8. The second-order valence-electron chi connectivity index (χ2n) is 11.2. The first-order valence-electron chi connectivity index (χ1n) is 15.8. The molecule has 4 rings (SSSR count). The molecule has 2 aromatic heterocycles. The van der Waals surface area contributed by atoms with E-state index in [9.17, 15) is 4.79 Å². The highest BCUT2D eigenvalue weighted by molar-refractivity contribution is 6.44. The van der Waals surface area contributed by atoms with Gasteiger partial charge in [-0.15, -0.1) is 0 Å². The maximum absolute atomic E-state index is 13.6. The quantitative estimate of drug-likeness (QED) is 0.132. The van der Waals surface area contributed by atoms with Crippen molar-refractivity contribution >= 4 is 40.5 Å². The molecule has 10 nitrogen and oxygen atoms in total. The smallest absolute Gasteiger partial charge is 0.359 e. The Kier molecular flexibility index (Phi) is 11.1. The zero-order valence-electron chi connectivity index (χ0n) is 27.6. The van der Waals surface area contributed by atoms with Crippen LogP contribution < -0.4 is 14.5 Å². The Hall–Kier alpha value is -4.21. The highest BCUT2D eigenvalue weighted by Gasteiger charge is 2.33. The lowest BCUT2D eigenvalue weighted by Gasteiger charge is -2.20. The van der Waals surface area contributed by atoms with Crippen LogP contribution in [0.15, 0.2) is 40.3 Å². The van der Waals surface area contributed by atoms with Gasteiger partial charge in [-0.25, -0.2) is 19.8 Å². The summed E-state index contributed by atoms with van der Waals surface area (Å²) in [5.74, 6) is 2.19. The predicted octanol–water partition coefficient (Wildman–Crippen LogP) is 7.38. The number of aliphatic imine (C=N–C) groups is 2. The van der Waals surface area contributed by atoms with E-state index in [4.69, 9.17) is 29.5 Å². The van der Waals surface area contributed by atoms with Crippen molar-refractivity contribution in [1.82, 2.24) is 14.8 Å². The molecule has 44 heavy (non-hydrogen) atoms. The summed E-state index contributed by atoms with van der Waals surface area (Å²) in [6.07, 6.45) is 6.63. The van der Waals surface area contributed by atoms with Gasteiger partial charge >= 0.3 is 5.97 Å². The molecular formula is C34H47N7O3. The Bertz CT molecular complexity index is 1520. The molecule has 1 aromatic carbocycles. The summed E-state index contributed by atoms with van der Waals surface area (Å²) >= 11 is 0. The van der Waals surface area contributed by atoms with Crippen LogP contribution in [0.1, 0.15) is 82.4 Å². The molecule has 10 heteroatoms. The number of fused-ring (bicyclic) bond motifs is 1. The molecule has 0 aliphatic carbocycles. The number of nitrogens with zero attached hydrogens (tertiary/aromatic N) is 7. The average molecular weight is 602 g/mol. The molecule has 1 aliphatic rings. The topological polar surface area (TPSA) is 97.4 Å². The minimum atomic E-state index is -0.475. The predicted molar refractivity (Wildman–Crippen MR) is 180 cm³/mol. The third kappa shape index (κ3) is 7.11. The van der Waals surface area contributed by atoms with Crippen molar-refractivity contribution < 1.29 is 14.3 Å². The summed E-state index contributed by atoms with van der Waals surface area (Å²) in [4.78, 5) is 32.5. The lowest BCUT2D eigenvalue weighted by Crippen LogP contribution is -2.23. The van der Waals surface area contributed by atoms with Gasteiger partial charge in [-0.2, -0.15) is 9.78 Å². The van der Waals surface area contributed by atoms with E-state index >= 15 is 0 Å². The maximum atomic E-state index is 13.6. The Labute approximate surface area is 261 Å². The number of esters is 1. The second-order valence-corrected chi connectivity index (χ2v) is 11.2. The fourth-order valence-corrected chi connectivity index (χ4v) is 5.39. The monoisotopic (exact) mass is 601 g/mol. The second kappa shape index (κ2) is 15.0. The molecule has 0 radical (unpaired) electrons. The molecule has 0 bridgehead atoms. The molecule has 1 aliphatic heterocycles. The van der Waals surface area contributed by atoms with Gasteiger partial charge in [0.2, 0.25) is 0 Å². The molecule has 0 saturated heterocycles. The Morgan fingerprint density at radius 1 is 0.977 bits per heavy atom. The summed E-state index contributed by atoms with van der Waals surface area (Å²) in [7, 11) is 5.55. The highest BCUT2D eigenvalue weighted by Crippen LogP contribution is 2.43. The van der Waals surface area contributed by atoms with Crippen molar-refractivity contribution in [3.8, 4) is 16.9 Å². The van der Waals surface area contributed by atoms with Gasteiger partial charge in [0, 0.05) is 38.4 Å². The van der Waals surface area contributed by atoms with Crippen LogP contribution in [0.3, 0.4) is 0 Å². The number of hydrogen-bond donors (Lipinski definition) is 0. The van der Waals surface area contributed by atoms with Gasteiger partial charge in [0.05, 0.1) is 36.4 Å². The zero-order valence-corrected chi connectivity index (χ0v) is 27.6.